The number of hydrogen-bond donors (Lipinski definition) is 1. The van der Waals surface area contributed by atoms with Crippen LogP contribution in [0.25, 0.3) is 10.9 Å². The van der Waals surface area contributed by atoms with E-state index in [1.807, 2.05) is 12.1 Å². The minimum absolute atomic E-state index is 0.108. The standard InChI is InChI=1S/C13H9N5O2/c14-5-7-18(8-6-15)12-9-3-1-2-4-10(9)16-17-11(12)13(19)20/h1-4H,7-8H2,(H,19,20). The summed E-state index contributed by atoms with van der Waals surface area (Å²) in [5, 5.41) is 35.0. The highest BCUT2D eigenvalue weighted by Crippen LogP contribution is 2.27. The molecule has 7 nitrogen and oxygen atoms in total. The van der Waals surface area contributed by atoms with E-state index in [1.54, 1.807) is 24.3 Å². The fourth-order valence-corrected chi connectivity index (χ4v) is 1.89. The largest absolute Gasteiger partial charge is 0.476 e. The molecule has 0 atom stereocenters. The molecular formula is C13H9N5O2. The molecule has 0 aliphatic heterocycles. The van der Waals surface area contributed by atoms with Crippen LogP contribution in [0.1, 0.15) is 10.5 Å². The van der Waals surface area contributed by atoms with Gasteiger partial charge in [0.25, 0.3) is 0 Å². The highest BCUT2D eigenvalue weighted by atomic mass is 16.4. The second kappa shape index (κ2) is 5.63. The number of benzene rings is 1. The average molecular weight is 267 g/mol. The third-order valence-electron chi connectivity index (χ3n) is 2.68. The van der Waals surface area contributed by atoms with Gasteiger partial charge in [-0.15, -0.1) is 10.2 Å². The minimum atomic E-state index is -1.25. The van der Waals surface area contributed by atoms with Crippen LogP contribution in [0.5, 0.6) is 0 Å². The number of carboxylic acid groups (broad SMARTS) is 1. The summed E-state index contributed by atoms with van der Waals surface area (Å²) in [6.07, 6.45) is 0. The molecule has 1 heterocycles. The molecular weight excluding hydrogens is 258 g/mol. The monoisotopic (exact) mass is 267 g/mol. The molecule has 0 aliphatic rings. The van der Waals surface area contributed by atoms with Crippen molar-refractivity contribution in [2.75, 3.05) is 18.0 Å². The number of nitriles is 2. The van der Waals surface area contributed by atoms with Gasteiger partial charge in [-0.05, 0) is 6.07 Å². The predicted octanol–water partition coefficient (Wildman–Crippen LogP) is 1.18. The van der Waals surface area contributed by atoms with Crippen molar-refractivity contribution >= 4 is 22.6 Å². The van der Waals surface area contributed by atoms with E-state index in [-0.39, 0.29) is 24.5 Å². The molecule has 20 heavy (non-hydrogen) atoms. The Kier molecular flexibility index (Phi) is 3.73. The van der Waals surface area contributed by atoms with Gasteiger partial charge in [-0.2, -0.15) is 10.5 Å². The predicted molar refractivity (Wildman–Crippen MR) is 69.9 cm³/mol. The van der Waals surface area contributed by atoms with Crippen molar-refractivity contribution < 1.29 is 9.90 Å². The van der Waals surface area contributed by atoms with Crippen molar-refractivity contribution in [3.8, 4) is 12.1 Å². The number of carbonyl (C=O) groups is 1. The Balaban J connectivity index is 2.75. The highest BCUT2D eigenvalue weighted by Gasteiger charge is 2.21. The van der Waals surface area contributed by atoms with Crippen molar-refractivity contribution in [2.45, 2.75) is 0 Å². The lowest BCUT2D eigenvalue weighted by Gasteiger charge is -2.20. The van der Waals surface area contributed by atoms with E-state index >= 15 is 0 Å². The third-order valence-corrected chi connectivity index (χ3v) is 2.68. The van der Waals surface area contributed by atoms with Gasteiger partial charge in [0.15, 0.2) is 5.69 Å². The molecule has 0 unspecified atom stereocenters. The number of anilines is 1. The zero-order chi connectivity index (χ0) is 14.5. The van der Waals surface area contributed by atoms with Crippen molar-refractivity contribution in [1.29, 1.82) is 10.5 Å². The molecule has 0 bridgehead atoms. The summed E-state index contributed by atoms with van der Waals surface area (Å²) in [7, 11) is 0. The highest BCUT2D eigenvalue weighted by molar-refractivity contribution is 6.02. The second-order valence-electron chi connectivity index (χ2n) is 3.89. The maximum absolute atomic E-state index is 11.3. The summed E-state index contributed by atoms with van der Waals surface area (Å²) < 4.78 is 0. The molecule has 1 N–H and O–H groups in total. The Morgan fingerprint density at radius 1 is 1.20 bits per heavy atom. The molecule has 0 amide bonds. The lowest BCUT2D eigenvalue weighted by molar-refractivity contribution is 0.0690. The first kappa shape index (κ1) is 13.2. The number of aromatic carboxylic acids is 1. The summed E-state index contributed by atoms with van der Waals surface area (Å²) in [4.78, 5) is 12.7. The van der Waals surface area contributed by atoms with Gasteiger partial charge in [-0.25, -0.2) is 4.79 Å². The lowest BCUT2D eigenvalue weighted by Crippen LogP contribution is -2.27. The summed E-state index contributed by atoms with van der Waals surface area (Å²) in [5.41, 5.74) is 0.480. The van der Waals surface area contributed by atoms with Crippen LogP contribution in [-0.2, 0) is 0 Å². The van der Waals surface area contributed by atoms with E-state index in [0.29, 0.717) is 10.9 Å². The van der Waals surface area contributed by atoms with Crippen LogP contribution in [0.2, 0.25) is 0 Å². The van der Waals surface area contributed by atoms with E-state index in [0.717, 1.165) is 0 Å². The quantitative estimate of drug-likeness (QED) is 0.827. The van der Waals surface area contributed by atoms with Crippen LogP contribution < -0.4 is 4.90 Å². The number of fused-ring (bicyclic) bond motifs is 1. The van der Waals surface area contributed by atoms with E-state index in [4.69, 9.17) is 10.5 Å². The normalized spacial score (nSPS) is 9.70. The van der Waals surface area contributed by atoms with Crippen LogP contribution in [0.4, 0.5) is 5.69 Å². The Hall–Kier alpha value is -3.19. The zero-order valence-corrected chi connectivity index (χ0v) is 10.3. The number of rotatable bonds is 4. The SMILES string of the molecule is N#CCN(CC#N)c1c(C(=O)O)nnc2ccccc12. The Labute approximate surface area is 114 Å². The minimum Gasteiger partial charge on any atom is -0.476 e. The number of aromatic nitrogens is 2. The molecule has 0 saturated carbocycles. The first-order chi connectivity index (χ1) is 9.69. The topological polar surface area (TPSA) is 114 Å². The summed E-state index contributed by atoms with van der Waals surface area (Å²) in [5.74, 6) is -1.25. The van der Waals surface area contributed by atoms with Crippen molar-refractivity contribution in [2.24, 2.45) is 0 Å². The van der Waals surface area contributed by atoms with Crippen LogP contribution in [0.15, 0.2) is 24.3 Å². The Bertz CT molecular complexity index is 728. The van der Waals surface area contributed by atoms with Crippen LogP contribution in [0, 0.1) is 22.7 Å². The molecule has 2 rings (SSSR count). The number of carboxylic acids is 1. The zero-order valence-electron chi connectivity index (χ0n) is 10.3. The fraction of sp³-hybridized carbons (Fsp3) is 0.154. The van der Waals surface area contributed by atoms with Gasteiger partial charge >= 0.3 is 5.97 Å². The number of hydrogen-bond acceptors (Lipinski definition) is 6. The molecule has 7 heteroatoms. The van der Waals surface area contributed by atoms with Crippen molar-refractivity contribution in [1.82, 2.24) is 10.2 Å². The van der Waals surface area contributed by atoms with E-state index < -0.39 is 5.97 Å². The molecule has 1 aromatic carbocycles. The summed E-state index contributed by atoms with van der Waals surface area (Å²) in [6, 6.07) is 10.7. The van der Waals surface area contributed by atoms with E-state index in [1.165, 1.54) is 4.90 Å². The van der Waals surface area contributed by atoms with Gasteiger partial charge in [0.1, 0.15) is 13.1 Å². The molecule has 0 saturated heterocycles. The Morgan fingerprint density at radius 3 is 2.45 bits per heavy atom. The summed E-state index contributed by atoms with van der Waals surface area (Å²) >= 11 is 0. The second-order valence-corrected chi connectivity index (χ2v) is 3.89. The van der Waals surface area contributed by atoms with Crippen LogP contribution in [0.3, 0.4) is 0 Å². The number of nitrogens with zero attached hydrogens (tertiary/aromatic N) is 5. The molecule has 2 aromatic rings. The third kappa shape index (κ3) is 2.33. The van der Waals surface area contributed by atoms with Gasteiger partial charge in [0, 0.05) is 5.39 Å². The average Bonchev–Trinajstić information content (AvgIpc) is 2.45. The van der Waals surface area contributed by atoms with Gasteiger partial charge in [-0.3, -0.25) is 0 Å². The van der Waals surface area contributed by atoms with Crippen LogP contribution in [-0.4, -0.2) is 34.4 Å². The van der Waals surface area contributed by atoms with E-state index in [9.17, 15) is 9.90 Å². The Morgan fingerprint density at radius 2 is 1.85 bits per heavy atom. The molecule has 0 spiro atoms. The van der Waals surface area contributed by atoms with Crippen LogP contribution >= 0.6 is 0 Å². The molecule has 0 radical (unpaired) electrons. The van der Waals surface area contributed by atoms with Crippen molar-refractivity contribution in [3.05, 3.63) is 30.0 Å². The fourth-order valence-electron chi connectivity index (χ4n) is 1.89. The first-order valence-corrected chi connectivity index (χ1v) is 5.66. The van der Waals surface area contributed by atoms with Gasteiger partial charge in [0.05, 0.1) is 23.3 Å². The maximum Gasteiger partial charge on any atom is 0.358 e. The van der Waals surface area contributed by atoms with Gasteiger partial charge in [0.2, 0.25) is 0 Å². The maximum atomic E-state index is 11.3. The first-order valence-electron chi connectivity index (χ1n) is 5.66. The molecule has 1 aromatic heterocycles. The smallest absolute Gasteiger partial charge is 0.358 e. The van der Waals surface area contributed by atoms with Crippen molar-refractivity contribution in [3.63, 3.8) is 0 Å². The van der Waals surface area contributed by atoms with Gasteiger partial charge in [-0.1, -0.05) is 18.2 Å². The van der Waals surface area contributed by atoms with E-state index in [2.05, 4.69) is 10.2 Å². The molecule has 0 aliphatic carbocycles. The molecule has 98 valence electrons. The van der Waals surface area contributed by atoms with Gasteiger partial charge < -0.3 is 10.0 Å². The molecule has 0 fully saturated rings. The lowest BCUT2D eigenvalue weighted by atomic mass is 10.1. The summed E-state index contributed by atoms with van der Waals surface area (Å²) in [6.45, 7) is -0.215.